The third-order valence-corrected chi connectivity index (χ3v) is 2.51. The average molecular weight is 231 g/mol. The summed E-state index contributed by atoms with van der Waals surface area (Å²) in [5.74, 6) is 1.69. The average Bonchev–Trinajstić information content (AvgIpc) is 2.30. The van der Waals surface area contributed by atoms with Gasteiger partial charge in [0.15, 0.2) is 0 Å². The van der Waals surface area contributed by atoms with E-state index in [1.807, 2.05) is 19.9 Å². The second kappa shape index (κ2) is 5.95. The molecule has 17 heavy (non-hydrogen) atoms. The number of terminal acetylenes is 1. The summed E-state index contributed by atoms with van der Waals surface area (Å²) in [4.78, 5) is 11.1. The fourth-order valence-electron chi connectivity index (χ4n) is 1.63. The number of hydrogen-bond acceptors (Lipinski definition) is 2. The molecule has 1 atom stereocenters. The molecule has 1 rings (SSSR count). The molecule has 1 aromatic rings. The highest BCUT2D eigenvalue weighted by molar-refractivity contribution is 5.94. The van der Waals surface area contributed by atoms with Gasteiger partial charge in [0, 0.05) is 5.69 Å². The Hall–Kier alpha value is -1.95. The van der Waals surface area contributed by atoms with Crippen LogP contribution in [0.4, 0.5) is 5.69 Å². The third-order valence-electron chi connectivity index (χ3n) is 2.51. The van der Waals surface area contributed by atoms with Crippen LogP contribution in [0.25, 0.3) is 0 Å². The second-order valence-electron chi connectivity index (χ2n) is 4.01. The fraction of sp³-hybridized carbons (Fsp3) is 0.357. The van der Waals surface area contributed by atoms with Gasteiger partial charge in [-0.15, -0.1) is 6.42 Å². The van der Waals surface area contributed by atoms with Crippen molar-refractivity contribution < 1.29 is 9.90 Å². The maximum absolute atomic E-state index is 11.1. The molecule has 0 saturated carbocycles. The molecule has 3 heteroatoms. The summed E-state index contributed by atoms with van der Waals surface area (Å²) in [6.45, 7) is 3.90. The first-order valence-corrected chi connectivity index (χ1v) is 5.65. The highest BCUT2D eigenvalue weighted by atomic mass is 16.4. The molecule has 0 aliphatic heterocycles. The van der Waals surface area contributed by atoms with Crippen molar-refractivity contribution in [3.05, 3.63) is 29.3 Å². The number of aryl methyl sites for hydroxylation is 1. The first-order valence-electron chi connectivity index (χ1n) is 5.65. The molecule has 1 unspecified atom stereocenters. The number of rotatable bonds is 5. The van der Waals surface area contributed by atoms with E-state index < -0.39 is 5.97 Å². The molecule has 1 aromatic carbocycles. The number of hydrogen-bond donors (Lipinski definition) is 2. The van der Waals surface area contributed by atoms with Crippen molar-refractivity contribution in [3.63, 3.8) is 0 Å². The molecule has 0 amide bonds. The van der Waals surface area contributed by atoms with Crippen LogP contribution >= 0.6 is 0 Å². The molecule has 2 N–H and O–H groups in total. The molecule has 0 saturated heterocycles. The zero-order valence-corrected chi connectivity index (χ0v) is 10.2. The molecular formula is C14H17NO2. The predicted octanol–water partition coefficient (Wildman–Crippen LogP) is 2.91. The lowest BCUT2D eigenvalue weighted by atomic mass is 10.1. The van der Waals surface area contributed by atoms with Crippen LogP contribution < -0.4 is 5.32 Å². The molecular weight excluding hydrogens is 214 g/mol. The number of nitrogens with one attached hydrogen (secondary N) is 1. The lowest BCUT2D eigenvalue weighted by Gasteiger charge is -2.15. The Morgan fingerprint density at radius 3 is 2.82 bits per heavy atom. The van der Waals surface area contributed by atoms with E-state index in [2.05, 4.69) is 11.2 Å². The quantitative estimate of drug-likeness (QED) is 0.766. The maximum Gasteiger partial charge on any atom is 0.337 e. The van der Waals surface area contributed by atoms with E-state index in [0.29, 0.717) is 5.69 Å². The monoisotopic (exact) mass is 231 g/mol. The topological polar surface area (TPSA) is 49.3 Å². The van der Waals surface area contributed by atoms with E-state index in [1.165, 1.54) is 0 Å². The third kappa shape index (κ3) is 3.53. The van der Waals surface area contributed by atoms with E-state index in [1.54, 1.807) is 12.1 Å². The normalized spacial score (nSPS) is 11.6. The number of benzene rings is 1. The lowest BCUT2D eigenvalue weighted by Crippen LogP contribution is -2.18. The van der Waals surface area contributed by atoms with Crippen molar-refractivity contribution in [2.24, 2.45) is 0 Å². The molecule has 0 fully saturated rings. The second-order valence-corrected chi connectivity index (χ2v) is 4.01. The number of carboxylic acid groups (broad SMARTS) is 1. The summed E-state index contributed by atoms with van der Waals surface area (Å²) in [5, 5.41) is 12.2. The van der Waals surface area contributed by atoms with Crippen LogP contribution in [0, 0.1) is 19.3 Å². The van der Waals surface area contributed by atoms with Gasteiger partial charge in [-0.2, -0.15) is 0 Å². The Bertz CT molecular complexity index is 446. The summed E-state index contributed by atoms with van der Waals surface area (Å²) >= 11 is 0. The minimum atomic E-state index is -0.941. The number of carboxylic acids is 1. The highest BCUT2D eigenvalue weighted by Gasteiger charge is 2.12. The summed E-state index contributed by atoms with van der Waals surface area (Å²) in [6, 6.07) is 5.15. The van der Waals surface area contributed by atoms with E-state index >= 15 is 0 Å². The van der Waals surface area contributed by atoms with Crippen LogP contribution in [0.1, 0.15) is 35.7 Å². The van der Waals surface area contributed by atoms with Crippen molar-refractivity contribution in [2.75, 3.05) is 5.32 Å². The van der Waals surface area contributed by atoms with Crippen LogP contribution in [0.2, 0.25) is 0 Å². The van der Waals surface area contributed by atoms with Crippen molar-refractivity contribution in [1.82, 2.24) is 0 Å². The van der Waals surface area contributed by atoms with Gasteiger partial charge in [0.25, 0.3) is 0 Å². The first-order chi connectivity index (χ1) is 8.08. The summed E-state index contributed by atoms with van der Waals surface area (Å²) in [5.41, 5.74) is 1.77. The van der Waals surface area contributed by atoms with Gasteiger partial charge < -0.3 is 10.4 Å². The molecule has 0 aliphatic carbocycles. The molecule has 3 nitrogen and oxygen atoms in total. The Morgan fingerprint density at radius 1 is 1.59 bits per heavy atom. The van der Waals surface area contributed by atoms with E-state index in [-0.39, 0.29) is 11.6 Å². The van der Waals surface area contributed by atoms with Crippen molar-refractivity contribution in [2.45, 2.75) is 32.7 Å². The molecule has 0 aromatic heterocycles. The van der Waals surface area contributed by atoms with Gasteiger partial charge in [0.1, 0.15) is 0 Å². The van der Waals surface area contributed by atoms with Crippen LogP contribution in [-0.2, 0) is 0 Å². The van der Waals surface area contributed by atoms with Crippen LogP contribution in [-0.4, -0.2) is 17.1 Å². The molecule has 0 heterocycles. The smallest absolute Gasteiger partial charge is 0.337 e. The Morgan fingerprint density at radius 2 is 2.29 bits per heavy atom. The Labute approximate surface area is 102 Å². The molecule has 0 bridgehead atoms. The maximum atomic E-state index is 11.1. The van der Waals surface area contributed by atoms with Crippen molar-refractivity contribution in [3.8, 4) is 12.3 Å². The molecule has 0 aliphatic rings. The van der Waals surface area contributed by atoms with Gasteiger partial charge in [-0.3, -0.25) is 0 Å². The molecule has 0 spiro atoms. The van der Waals surface area contributed by atoms with Gasteiger partial charge >= 0.3 is 5.97 Å². The Balaban J connectivity index is 2.98. The number of aromatic carboxylic acids is 1. The van der Waals surface area contributed by atoms with Gasteiger partial charge in [-0.1, -0.05) is 30.9 Å². The van der Waals surface area contributed by atoms with Crippen LogP contribution in [0.5, 0.6) is 0 Å². The SMILES string of the molecule is C#CC(CCC)Nc1ccc(C)cc1C(=O)O. The van der Waals surface area contributed by atoms with Crippen LogP contribution in [0.3, 0.4) is 0 Å². The van der Waals surface area contributed by atoms with E-state index in [0.717, 1.165) is 18.4 Å². The minimum absolute atomic E-state index is 0.124. The van der Waals surface area contributed by atoms with E-state index in [4.69, 9.17) is 11.5 Å². The highest BCUT2D eigenvalue weighted by Crippen LogP contribution is 2.19. The zero-order valence-electron chi connectivity index (χ0n) is 10.2. The van der Waals surface area contributed by atoms with Gasteiger partial charge in [-0.05, 0) is 25.5 Å². The van der Waals surface area contributed by atoms with Gasteiger partial charge in [0.05, 0.1) is 11.6 Å². The lowest BCUT2D eigenvalue weighted by molar-refractivity contribution is 0.0698. The molecule has 0 radical (unpaired) electrons. The summed E-state index contributed by atoms with van der Waals surface area (Å²) in [6.07, 6.45) is 7.18. The number of carbonyl (C=O) groups is 1. The summed E-state index contributed by atoms with van der Waals surface area (Å²) < 4.78 is 0. The van der Waals surface area contributed by atoms with Gasteiger partial charge in [0.2, 0.25) is 0 Å². The zero-order chi connectivity index (χ0) is 12.8. The van der Waals surface area contributed by atoms with Crippen molar-refractivity contribution >= 4 is 11.7 Å². The minimum Gasteiger partial charge on any atom is -0.478 e. The summed E-state index contributed by atoms with van der Waals surface area (Å²) in [7, 11) is 0. The predicted molar refractivity (Wildman–Crippen MR) is 69.3 cm³/mol. The fourth-order valence-corrected chi connectivity index (χ4v) is 1.63. The van der Waals surface area contributed by atoms with Crippen LogP contribution in [0.15, 0.2) is 18.2 Å². The van der Waals surface area contributed by atoms with E-state index in [9.17, 15) is 4.79 Å². The first kappa shape index (κ1) is 13.1. The largest absolute Gasteiger partial charge is 0.478 e. The van der Waals surface area contributed by atoms with Gasteiger partial charge in [-0.25, -0.2) is 4.79 Å². The van der Waals surface area contributed by atoms with Crippen molar-refractivity contribution in [1.29, 1.82) is 0 Å². The molecule has 90 valence electrons. The Kier molecular flexibility index (Phi) is 4.59. The standard InChI is InChI=1S/C14H17NO2/c1-4-6-11(5-2)15-13-8-7-10(3)9-12(13)14(16)17/h2,7-9,11,15H,4,6H2,1,3H3,(H,16,17). The number of anilines is 1.